The SMILES string of the molecule is CC(C)(C)c1csc(-c2ccc(OCC(=O)c3c[nH]c(C(=O)N4CCCC4)c3)cc2)n1. The molecule has 0 atom stereocenters. The Balaban J connectivity index is 1.34. The highest BCUT2D eigenvalue weighted by molar-refractivity contribution is 7.13. The quantitative estimate of drug-likeness (QED) is 0.555. The van der Waals surface area contributed by atoms with Gasteiger partial charge in [0.2, 0.25) is 5.78 Å². The predicted molar refractivity (Wildman–Crippen MR) is 122 cm³/mol. The van der Waals surface area contributed by atoms with E-state index in [9.17, 15) is 9.59 Å². The zero-order valence-corrected chi connectivity index (χ0v) is 18.9. The molecule has 2 aromatic heterocycles. The van der Waals surface area contributed by atoms with E-state index in [1.54, 1.807) is 23.6 Å². The molecule has 3 aromatic rings. The molecule has 1 amide bonds. The average molecular weight is 438 g/mol. The van der Waals surface area contributed by atoms with Crippen LogP contribution in [0.25, 0.3) is 10.6 Å². The lowest BCUT2D eigenvalue weighted by Gasteiger charge is -2.14. The summed E-state index contributed by atoms with van der Waals surface area (Å²) in [6, 6.07) is 9.22. The number of benzene rings is 1. The fourth-order valence-corrected chi connectivity index (χ4v) is 4.50. The number of rotatable bonds is 6. The van der Waals surface area contributed by atoms with E-state index in [2.05, 4.69) is 31.1 Å². The molecular formula is C24H27N3O3S. The minimum absolute atomic E-state index is 0.0232. The topological polar surface area (TPSA) is 75.3 Å². The molecule has 162 valence electrons. The van der Waals surface area contributed by atoms with Gasteiger partial charge in [0.05, 0.1) is 5.69 Å². The second-order valence-corrected chi connectivity index (χ2v) is 9.68. The van der Waals surface area contributed by atoms with Crippen molar-refractivity contribution in [2.75, 3.05) is 19.7 Å². The Labute approximate surface area is 186 Å². The van der Waals surface area contributed by atoms with Crippen LogP contribution in [0.1, 0.15) is 60.2 Å². The van der Waals surface area contributed by atoms with Crippen LogP contribution in [0.15, 0.2) is 41.9 Å². The van der Waals surface area contributed by atoms with Crippen LogP contribution in [0.2, 0.25) is 0 Å². The third-order valence-electron chi connectivity index (χ3n) is 5.37. The van der Waals surface area contributed by atoms with Gasteiger partial charge in [-0.15, -0.1) is 11.3 Å². The van der Waals surface area contributed by atoms with Crippen molar-refractivity contribution >= 4 is 23.0 Å². The maximum absolute atomic E-state index is 12.5. The zero-order chi connectivity index (χ0) is 22.0. The number of amides is 1. The van der Waals surface area contributed by atoms with Crippen LogP contribution < -0.4 is 4.74 Å². The summed E-state index contributed by atoms with van der Waals surface area (Å²) in [7, 11) is 0. The first-order valence-electron chi connectivity index (χ1n) is 10.5. The van der Waals surface area contributed by atoms with Crippen LogP contribution in [0.4, 0.5) is 0 Å². The van der Waals surface area contributed by atoms with E-state index >= 15 is 0 Å². The Bertz CT molecular complexity index is 1070. The number of hydrogen-bond donors (Lipinski definition) is 1. The van der Waals surface area contributed by atoms with Crippen molar-refractivity contribution in [3.05, 3.63) is 58.9 Å². The lowest BCUT2D eigenvalue weighted by Crippen LogP contribution is -2.27. The number of carbonyl (C=O) groups excluding carboxylic acids is 2. The summed E-state index contributed by atoms with van der Waals surface area (Å²) in [6.07, 6.45) is 3.64. The monoisotopic (exact) mass is 437 g/mol. The summed E-state index contributed by atoms with van der Waals surface area (Å²) < 4.78 is 5.67. The summed E-state index contributed by atoms with van der Waals surface area (Å²) in [5.74, 6) is 0.397. The van der Waals surface area contributed by atoms with Crippen LogP contribution in [-0.2, 0) is 5.41 Å². The fraction of sp³-hybridized carbons (Fsp3) is 0.375. The molecule has 1 N–H and O–H groups in total. The summed E-state index contributed by atoms with van der Waals surface area (Å²) >= 11 is 1.62. The van der Waals surface area contributed by atoms with Gasteiger partial charge < -0.3 is 14.6 Å². The molecule has 0 radical (unpaired) electrons. The van der Waals surface area contributed by atoms with Crippen molar-refractivity contribution in [2.45, 2.75) is 39.0 Å². The van der Waals surface area contributed by atoms with E-state index in [1.807, 2.05) is 29.2 Å². The van der Waals surface area contributed by atoms with Crippen LogP contribution in [0.3, 0.4) is 0 Å². The lowest BCUT2D eigenvalue weighted by molar-refractivity contribution is 0.0787. The van der Waals surface area contributed by atoms with E-state index in [1.165, 1.54) is 0 Å². The number of Topliss-reactive ketones (excluding diaryl/α,β-unsaturated/α-hetero) is 1. The second-order valence-electron chi connectivity index (χ2n) is 8.83. The van der Waals surface area contributed by atoms with Crippen LogP contribution in [0, 0.1) is 0 Å². The van der Waals surface area contributed by atoms with Gasteiger partial charge in [-0.1, -0.05) is 20.8 Å². The van der Waals surface area contributed by atoms with Gasteiger partial charge in [-0.2, -0.15) is 0 Å². The molecule has 0 bridgehead atoms. The first-order valence-corrected chi connectivity index (χ1v) is 11.4. The van der Waals surface area contributed by atoms with Gasteiger partial charge in [0.15, 0.2) is 6.61 Å². The van der Waals surface area contributed by atoms with Crippen LogP contribution in [-0.4, -0.2) is 46.3 Å². The van der Waals surface area contributed by atoms with Crippen molar-refractivity contribution in [3.63, 3.8) is 0 Å². The number of ether oxygens (including phenoxy) is 1. The van der Waals surface area contributed by atoms with Crippen molar-refractivity contribution in [1.82, 2.24) is 14.9 Å². The van der Waals surface area contributed by atoms with Gasteiger partial charge in [-0.05, 0) is 43.2 Å². The summed E-state index contributed by atoms with van der Waals surface area (Å²) in [4.78, 5) is 34.4. The number of thiazole rings is 1. The zero-order valence-electron chi connectivity index (χ0n) is 18.1. The normalized spacial score (nSPS) is 14.1. The minimum Gasteiger partial charge on any atom is -0.485 e. The maximum Gasteiger partial charge on any atom is 0.270 e. The van der Waals surface area contributed by atoms with Crippen molar-refractivity contribution in [2.24, 2.45) is 0 Å². The molecule has 4 rings (SSSR count). The third-order valence-corrected chi connectivity index (χ3v) is 6.26. The summed E-state index contributed by atoms with van der Waals surface area (Å²) in [6.45, 7) is 7.91. The first-order chi connectivity index (χ1) is 14.8. The van der Waals surface area contributed by atoms with Crippen molar-refractivity contribution in [1.29, 1.82) is 0 Å². The molecular weight excluding hydrogens is 410 g/mol. The van der Waals surface area contributed by atoms with Gasteiger partial charge >= 0.3 is 0 Å². The average Bonchev–Trinajstić information content (AvgIpc) is 3.52. The van der Waals surface area contributed by atoms with Gasteiger partial charge in [0, 0.05) is 41.2 Å². The molecule has 6 nitrogen and oxygen atoms in total. The molecule has 1 fully saturated rings. The van der Waals surface area contributed by atoms with Crippen LogP contribution in [0.5, 0.6) is 5.75 Å². The predicted octanol–water partition coefficient (Wildman–Crippen LogP) is 4.93. The molecule has 1 aliphatic heterocycles. The van der Waals surface area contributed by atoms with E-state index in [-0.39, 0.29) is 23.7 Å². The molecule has 1 aromatic carbocycles. The maximum atomic E-state index is 12.5. The Hall–Kier alpha value is -2.93. The second kappa shape index (κ2) is 8.67. The highest BCUT2D eigenvalue weighted by Gasteiger charge is 2.22. The number of aromatic amines is 1. The molecule has 0 aliphatic carbocycles. The molecule has 7 heteroatoms. The van der Waals surface area contributed by atoms with Crippen molar-refractivity contribution in [3.8, 4) is 16.3 Å². The van der Waals surface area contributed by atoms with Crippen molar-refractivity contribution < 1.29 is 14.3 Å². The highest BCUT2D eigenvalue weighted by Crippen LogP contribution is 2.30. The number of likely N-dealkylation sites (tertiary alicyclic amines) is 1. The van der Waals surface area contributed by atoms with E-state index in [4.69, 9.17) is 9.72 Å². The molecule has 0 unspecified atom stereocenters. The lowest BCUT2D eigenvalue weighted by atomic mass is 9.93. The molecule has 3 heterocycles. The van der Waals surface area contributed by atoms with Gasteiger partial charge in [0.25, 0.3) is 5.91 Å². The minimum atomic E-state index is -0.171. The Morgan fingerprint density at radius 1 is 1.16 bits per heavy atom. The molecule has 1 aliphatic rings. The standard InChI is InChI=1S/C24H27N3O3S/c1-24(2,3)21-15-31-22(26-21)16-6-8-18(9-7-16)30-14-20(28)17-12-19(25-13-17)23(29)27-10-4-5-11-27/h6-9,12-13,15,25H,4-5,10-11,14H2,1-3H3. The van der Waals surface area contributed by atoms with Gasteiger partial charge in [-0.25, -0.2) is 4.98 Å². The highest BCUT2D eigenvalue weighted by atomic mass is 32.1. The number of aromatic nitrogens is 2. The number of hydrogen-bond acceptors (Lipinski definition) is 5. The first kappa shape index (κ1) is 21.3. The third kappa shape index (κ3) is 4.88. The van der Waals surface area contributed by atoms with E-state index in [0.717, 1.165) is 42.2 Å². The number of ketones is 1. The fourth-order valence-electron chi connectivity index (χ4n) is 3.45. The van der Waals surface area contributed by atoms with E-state index in [0.29, 0.717) is 17.0 Å². The molecule has 0 spiro atoms. The number of H-pyrrole nitrogens is 1. The summed E-state index contributed by atoms with van der Waals surface area (Å²) in [5.41, 5.74) is 3.03. The number of carbonyl (C=O) groups is 2. The smallest absolute Gasteiger partial charge is 0.270 e. The Kier molecular flexibility index (Phi) is 5.96. The Morgan fingerprint density at radius 2 is 1.87 bits per heavy atom. The van der Waals surface area contributed by atoms with Gasteiger partial charge in [-0.3, -0.25) is 9.59 Å². The molecule has 0 saturated carbocycles. The number of nitrogens with zero attached hydrogens (tertiary/aromatic N) is 2. The number of nitrogens with one attached hydrogen (secondary N) is 1. The molecule has 1 saturated heterocycles. The molecule has 31 heavy (non-hydrogen) atoms. The van der Waals surface area contributed by atoms with E-state index < -0.39 is 0 Å². The Morgan fingerprint density at radius 3 is 2.52 bits per heavy atom. The van der Waals surface area contributed by atoms with Gasteiger partial charge in [0.1, 0.15) is 16.5 Å². The van der Waals surface area contributed by atoms with Crippen LogP contribution >= 0.6 is 11.3 Å². The largest absolute Gasteiger partial charge is 0.485 e. The summed E-state index contributed by atoms with van der Waals surface area (Å²) in [5, 5.41) is 3.06.